The molecule has 0 aliphatic heterocycles. The van der Waals surface area contributed by atoms with Crippen molar-refractivity contribution in [2.45, 2.75) is 37.0 Å². The SMILES string of the molecule is CN(C)C1C(=O)C(C(=O)NCNCCCO)=C(O)C2(O)C(=O)C3=C(O)c4c(O)cccc4C(C)(O)C3CC12.CS(=O)(=O)O. The molecule has 5 atom stereocenters. The molecule has 0 bridgehead atoms. The van der Waals surface area contributed by atoms with Gasteiger partial charge in [0.1, 0.15) is 22.8 Å². The highest BCUT2D eigenvalue weighted by Gasteiger charge is 2.66. The molecule has 0 saturated heterocycles. The zero-order valence-corrected chi connectivity index (χ0v) is 24.8. The number of nitrogens with one attached hydrogen (secondary N) is 2. The van der Waals surface area contributed by atoms with Gasteiger partial charge in [-0.1, -0.05) is 12.1 Å². The number of likely N-dealkylation sites (N-methyl/N-ethyl adjacent to an activating group) is 1. The van der Waals surface area contributed by atoms with E-state index in [-0.39, 0.29) is 30.8 Å². The number of aliphatic hydroxyl groups is 5. The van der Waals surface area contributed by atoms with E-state index in [1.165, 1.54) is 44.1 Å². The van der Waals surface area contributed by atoms with Crippen molar-refractivity contribution < 1.29 is 58.0 Å². The standard InChI is InChI=1S/C26H33N3O9.CH4O3S/c1-25(37)12-6-4-7-15(31)16(12)20(32)17-13(25)10-14-19(29(2)3)21(33)18(23(35)26(14,38)22(17)34)24(36)28-11-27-8-5-9-30;1-5(2,3)4/h4,6-7,13-14,19,27,30-32,35,37-38H,5,8-11H2,1-3H3,(H,28,36);1H3,(H,2,3,4). The highest BCUT2D eigenvalue weighted by atomic mass is 32.2. The van der Waals surface area contributed by atoms with Crippen molar-refractivity contribution in [3.8, 4) is 5.75 Å². The maximum atomic E-state index is 14.0. The Morgan fingerprint density at radius 3 is 2.30 bits per heavy atom. The van der Waals surface area contributed by atoms with Crippen molar-refractivity contribution in [1.29, 1.82) is 0 Å². The number of amides is 1. The van der Waals surface area contributed by atoms with Gasteiger partial charge in [0.25, 0.3) is 16.0 Å². The number of aromatic hydroxyl groups is 1. The summed E-state index contributed by atoms with van der Waals surface area (Å²) in [5.74, 6) is -7.56. The van der Waals surface area contributed by atoms with Crippen molar-refractivity contribution in [1.82, 2.24) is 15.5 Å². The molecule has 15 nitrogen and oxygen atoms in total. The quantitative estimate of drug-likeness (QED) is 0.0737. The number of aliphatic hydroxyl groups excluding tert-OH is 3. The fourth-order valence-corrected chi connectivity index (χ4v) is 6.01. The van der Waals surface area contributed by atoms with Crippen LogP contribution in [0.4, 0.5) is 0 Å². The third-order valence-electron chi connectivity index (χ3n) is 7.89. The highest BCUT2D eigenvalue weighted by Crippen LogP contribution is 2.57. The number of fused-ring (bicyclic) bond motifs is 3. The number of benzene rings is 1. The minimum Gasteiger partial charge on any atom is -0.508 e. The zero-order valence-electron chi connectivity index (χ0n) is 24.0. The van der Waals surface area contributed by atoms with Gasteiger partial charge in [-0.15, -0.1) is 0 Å². The van der Waals surface area contributed by atoms with Crippen molar-refractivity contribution >= 4 is 33.4 Å². The monoisotopic (exact) mass is 627 g/mol. The number of phenolic OH excluding ortho intramolecular Hbond substituents is 1. The number of phenols is 1. The summed E-state index contributed by atoms with van der Waals surface area (Å²) in [6.07, 6.45) is 0.927. The Morgan fingerprint density at radius 1 is 1.14 bits per heavy atom. The first-order chi connectivity index (χ1) is 19.8. The van der Waals surface area contributed by atoms with Gasteiger partial charge < -0.3 is 36.0 Å². The molecule has 3 aliphatic carbocycles. The highest BCUT2D eigenvalue weighted by molar-refractivity contribution is 7.85. The lowest BCUT2D eigenvalue weighted by Gasteiger charge is -2.53. The first kappa shape index (κ1) is 34.1. The van der Waals surface area contributed by atoms with Crippen LogP contribution in [-0.4, -0.2) is 118 Å². The number of carbonyl (C=O) groups is 3. The number of hydrogen-bond acceptors (Lipinski definition) is 13. The van der Waals surface area contributed by atoms with E-state index in [4.69, 9.17) is 9.66 Å². The molecule has 5 unspecified atom stereocenters. The molecule has 1 saturated carbocycles. The summed E-state index contributed by atoms with van der Waals surface area (Å²) in [6.45, 7) is 1.60. The van der Waals surface area contributed by atoms with Crippen molar-refractivity contribution in [3.05, 3.63) is 46.2 Å². The average Bonchev–Trinajstić information content (AvgIpc) is 2.88. The fourth-order valence-electron chi connectivity index (χ4n) is 6.01. The van der Waals surface area contributed by atoms with Gasteiger partial charge >= 0.3 is 0 Å². The van der Waals surface area contributed by atoms with E-state index in [2.05, 4.69) is 10.6 Å². The average molecular weight is 628 g/mol. The summed E-state index contributed by atoms with van der Waals surface area (Å²) < 4.78 is 25.9. The molecular weight excluding hydrogens is 590 g/mol. The molecule has 9 N–H and O–H groups in total. The molecule has 43 heavy (non-hydrogen) atoms. The van der Waals surface area contributed by atoms with Gasteiger partial charge in [-0.25, -0.2) is 0 Å². The molecular formula is C27H37N3O12S. The number of Topliss-reactive ketones (excluding diaryl/α,β-unsaturated/α-hetero) is 2. The number of rotatable bonds is 7. The first-order valence-corrected chi connectivity index (χ1v) is 15.1. The zero-order chi connectivity index (χ0) is 32.7. The second-order valence-corrected chi connectivity index (χ2v) is 12.6. The molecule has 3 aliphatic rings. The van der Waals surface area contributed by atoms with Gasteiger partial charge in [0.05, 0.1) is 30.1 Å². The van der Waals surface area contributed by atoms with E-state index >= 15 is 0 Å². The lowest BCUT2D eigenvalue weighted by Crippen LogP contribution is -2.67. The topological polar surface area (TPSA) is 254 Å². The minimum atomic E-state index is -3.67. The smallest absolute Gasteiger partial charge is 0.261 e. The maximum absolute atomic E-state index is 14.0. The third-order valence-corrected chi connectivity index (χ3v) is 7.89. The molecule has 0 heterocycles. The summed E-state index contributed by atoms with van der Waals surface area (Å²) >= 11 is 0. The summed E-state index contributed by atoms with van der Waals surface area (Å²) in [5, 5.41) is 70.2. The second-order valence-electron chi connectivity index (χ2n) is 11.1. The van der Waals surface area contributed by atoms with Crippen LogP contribution in [0.25, 0.3) is 5.76 Å². The molecule has 16 heteroatoms. The van der Waals surface area contributed by atoms with Gasteiger partial charge in [-0.3, -0.25) is 29.2 Å². The molecule has 1 aromatic rings. The van der Waals surface area contributed by atoms with Crippen LogP contribution in [0.2, 0.25) is 0 Å². The van der Waals surface area contributed by atoms with Crippen LogP contribution < -0.4 is 10.6 Å². The number of ketones is 2. The lowest BCUT2D eigenvalue weighted by atomic mass is 9.54. The summed E-state index contributed by atoms with van der Waals surface area (Å²) in [5.41, 5.74) is -5.76. The summed E-state index contributed by atoms with van der Waals surface area (Å²) in [7, 11) is -0.617. The number of nitrogens with zero attached hydrogens (tertiary/aromatic N) is 1. The molecule has 4 rings (SSSR count). The Kier molecular flexibility index (Phi) is 9.77. The Hall–Kier alpha value is -3.38. The molecule has 1 aromatic carbocycles. The maximum Gasteiger partial charge on any atom is 0.261 e. The third kappa shape index (κ3) is 6.17. The Bertz CT molecular complexity index is 1480. The lowest BCUT2D eigenvalue weighted by molar-refractivity contribution is -0.159. The van der Waals surface area contributed by atoms with Crippen LogP contribution in [0.1, 0.15) is 30.9 Å². The molecule has 238 valence electrons. The fraction of sp³-hybridized carbons (Fsp3) is 0.519. The largest absolute Gasteiger partial charge is 0.508 e. The molecule has 0 radical (unpaired) electrons. The molecule has 1 fully saturated rings. The number of carbonyl (C=O) groups excluding carboxylic acids is 3. The van der Waals surface area contributed by atoms with E-state index in [1.54, 1.807) is 0 Å². The second kappa shape index (κ2) is 12.3. The van der Waals surface area contributed by atoms with Gasteiger partial charge in [0.2, 0.25) is 5.78 Å². The van der Waals surface area contributed by atoms with E-state index in [1.807, 2.05) is 0 Å². The van der Waals surface area contributed by atoms with Gasteiger partial charge in [-0.05, 0) is 52.0 Å². The van der Waals surface area contributed by atoms with Crippen molar-refractivity contribution in [2.75, 3.05) is 40.2 Å². The van der Waals surface area contributed by atoms with Crippen LogP contribution in [0, 0.1) is 11.8 Å². The minimum absolute atomic E-state index is 0.0642. The normalized spacial score (nSPS) is 28.5. The van der Waals surface area contributed by atoms with Crippen LogP contribution >= 0.6 is 0 Å². The Labute approximate surface area is 247 Å². The van der Waals surface area contributed by atoms with Crippen LogP contribution in [0.15, 0.2) is 35.1 Å². The van der Waals surface area contributed by atoms with Gasteiger partial charge in [0, 0.05) is 24.0 Å². The Balaban J connectivity index is 0.000000934. The molecule has 0 spiro atoms. The Morgan fingerprint density at radius 2 is 1.74 bits per heavy atom. The predicted octanol–water partition coefficient (Wildman–Crippen LogP) is -1.31. The van der Waals surface area contributed by atoms with Crippen molar-refractivity contribution in [3.63, 3.8) is 0 Å². The predicted molar refractivity (Wildman–Crippen MR) is 151 cm³/mol. The van der Waals surface area contributed by atoms with Crippen molar-refractivity contribution in [2.24, 2.45) is 11.8 Å². The van der Waals surface area contributed by atoms with Crippen LogP contribution in [0.3, 0.4) is 0 Å². The van der Waals surface area contributed by atoms with Gasteiger partial charge in [0.15, 0.2) is 11.4 Å². The first-order valence-electron chi connectivity index (χ1n) is 13.2. The van der Waals surface area contributed by atoms with E-state index in [0.717, 1.165) is 0 Å². The number of hydrogen-bond donors (Lipinski definition) is 9. The van der Waals surface area contributed by atoms with E-state index < -0.39 is 85.1 Å². The van der Waals surface area contributed by atoms with Gasteiger partial charge in [-0.2, -0.15) is 8.42 Å². The van der Waals surface area contributed by atoms with E-state index in [0.29, 0.717) is 19.2 Å². The van der Waals surface area contributed by atoms with Crippen LogP contribution in [0.5, 0.6) is 5.75 Å². The molecule has 0 aromatic heterocycles. The van der Waals surface area contributed by atoms with Crippen LogP contribution in [-0.2, 0) is 30.1 Å². The summed E-state index contributed by atoms with van der Waals surface area (Å²) in [4.78, 5) is 41.9. The van der Waals surface area contributed by atoms with E-state index in [9.17, 15) is 48.3 Å². The summed E-state index contributed by atoms with van der Waals surface area (Å²) in [6, 6.07) is 3.02. The molecule has 1 amide bonds.